The third-order valence-corrected chi connectivity index (χ3v) is 7.88. The summed E-state index contributed by atoms with van der Waals surface area (Å²) in [4.78, 5) is 27.0. The first-order chi connectivity index (χ1) is 18.5. The first-order valence-corrected chi connectivity index (χ1v) is 13.6. The van der Waals surface area contributed by atoms with Gasteiger partial charge in [-0.25, -0.2) is 4.79 Å². The molecule has 39 heavy (non-hydrogen) atoms. The van der Waals surface area contributed by atoms with E-state index in [-0.39, 0.29) is 30.7 Å². The summed E-state index contributed by atoms with van der Waals surface area (Å²) < 4.78 is 6.43. The molecule has 2 aliphatic heterocycles. The molecular weight excluding hydrogens is 494 g/mol. The standard InChI is InChI=1S/C32H39NO6/c1-20(2)10-8-11-21(3)12-9-15-32(4)28(35)18-24-27(34)17-23-25(29(24)39-32)19-33(30(23)36)26(31(37)38)16-22-13-6-5-7-14-22/h5-7,10,12-14,17,26,28,34-35H,8-9,11,15-16,18-19H2,1-4H3,(H,37,38)/t26-,28-,32-/m0/s1. The Kier molecular flexibility index (Phi) is 8.50. The lowest BCUT2D eigenvalue weighted by atomic mass is 9.84. The van der Waals surface area contributed by atoms with Gasteiger partial charge in [0, 0.05) is 24.0 Å². The number of carbonyl (C=O) groups excluding carboxylic acids is 1. The van der Waals surface area contributed by atoms with Crippen molar-refractivity contribution in [2.45, 2.75) is 90.5 Å². The highest BCUT2D eigenvalue weighted by Crippen LogP contribution is 2.46. The largest absolute Gasteiger partial charge is 0.508 e. The van der Waals surface area contributed by atoms with Crippen LogP contribution in [0.4, 0.5) is 0 Å². The number of nitrogens with zero attached hydrogens (tertiary/aromatic N) is 1. The Labute approximate surface area is 230 Å². The van der Waals surface area contributed by atoms with Crippen molar-refractivity contribution in [1.29, 1.82) is 0 Å². The summed E-state index contributed by atoms with van der Waals surface area (Å²) in [5.74, 6) is -1.27. The monoisotopic (exact) mass is 533 g/mol. The van der Waals surface area contributed by atoms with E-state index in [9.17, 15) is 24.9 Å². The number of ether oxygens (including phenoxy) is 1. The number of hydrogen-bond donors (Lipinski definition) is 3. The van der Waals surface area contributed by atoms with Crippen LogP contribution in [0.25, 0.3) is 0 Å². The van der Waals surface area contributed by atoms with Crippen LogP contribution in [0.1, 0.15) is 80.4 Å². The molecule has 0 saturated heterocycles. The number of hydrogen-bond acceptors (Lipinski definition) is 5. The van der Waals surface area contributed by atoms with Gasteiger partial charge in [0.1, 0.15) is 23.1 Å². The summed E-state index contributed by atoms with van der Waals surface area (Å²) >= 11 is 0. The molecule has 0 aliphatic carbocycles. The van der Waals surface area contributed by atoms with Crippen LogP contribution in [0, 0.1) is 0 Å². The van der Waals surface area contributed by atoms with Crippen molar-refractivity contribution < 1.29 is 29.6 Å². The van der Waals surface area contributed by atoms with Gasteiger partial charge in [-0.2, -0.15) is 0 Å². The van der Waals surface area contributed by atoms with Gasteiger partial charge < -0.3 is 25.0 Å². The molecule has 7 heteroatoms. The van der Waals surface area contributed by atoms with Crippen molar-refractivity contribution in [1.82, 2.24) is 4.90 Å². The second-order valence-electron chi connectivity index (χ2n) is 11.3. The normalized spacial score (nSPS) is 21.2. The van der Waals surface area contributed by atoms with Crippen molar-refractivity contribution >= 4 is 11.9 Å². The maximum atomic E-state index is 13.4. The van der Waals surface area contributed by atoms with E-state index in [1.54, 1.807) is 0 Å². The first kappa shape index (κ1) is 28.4. The number of phenols is 1. The minimum absolute atomic E-state index is 0.0656. The summed E-state index contributed by atoms with van der Waals surface area (Å²) in [7, 11) is 0. The quantitative estimate of drug-likeness (QED) is 0.345. The second kappa shape index (κ2) is 11.7. The van der Waals surface area contributed by atoms with E-state index >= 15 is 0 Å². The highest BCUT2D eigenvalue weighted by atomic mass is 16.5. The highest BCUT2D eigenvalue weighted by molar-refractivity contribution is 6.02. The molecule has 208 valence electrons. The van der Waals surface area contributed by atoms with E-state index in [0.717, 1.165) is 18.4 Å². The van der Waals surface area contributed by atoms with E-state index in [0.29, 0.717) is 29.7 Å². The number of aliphatic hydroxyl groups is 1. The molecule has 0 spiro atoms. The van der Waals surface area contributed by atoms with Crippen LogP contribution in [0.2, 0.25) is 0 Å². The molecule has 0 fully saturated rings. The number of phenolic OH excluding ortho intramolecular Hbond substituents is 1. The van der Waals surface area contributed by atoms with E-state index in [4.69, 9.17) is 4.74 Å². The molecule has 2 aliphatic rings. The lowest BCUT2D eigenvalue weighted by molar-refractivity contribution is -0.142. The van der Waals surface area contributed by atoms with Crippen molar-refractivity contribution in [3.05, 3.63) is 82.0 Å². The molecule has 2 heterocycles. The van der Waals surface area contributed by atoms with E-state index in [2.05, 4.69) is 32.9 Å². The maximum absolute atomic E-state index is 13.4. The van der Waals surface area contributed by atoms with Crippen LogP contribution >= 0.6 is 0 Å². The number of carboxylic acid groups (broad SMARTS) is 1. The predicted octanol–water partition coefficient (Wildman–Crippen LogP) is 5.57. The number of allylic oxidation sites excluding steroid dienone is 4. The van der Waals surface area contributed by atoms with Gasteiger partial charge >= 0.3 is 5.97 Å². The van der Waals surface area contributed by atoms with Gasteiger partial charge in [-0.3, -0.25) is 4.79 Å². The Morgan fingerprint density at radius 2 is 1.87 bits per heavy atom. The van der Waals surface area contributed by atoms with Gasteiger partial charge in [0.2, 0.25) is 0 Å². The van der Waals surface area contributed by atoms with E-state index in [1.807, 2.05) is 37.3 Å². The molecule has 3 N–H and O–H groups in total. The SMILES string of the molecule is CC(C)=CCCC(C)=CCC[C@]1(C)Oc2c(c(O)cc3c2CN([C@@H](Cc2ccccc2)C(=O)O)C3=O)C[C@@H]1O. The van der Waals surface area contributed by atoms with Crippen molar-refractivity contribution in [2.75, 3.05) is 0 Å². The van der Waals surface area contributed by atoms with Crippen molar-refractivity contribution in [3.8, 4) is 11.5 Å². The number of benzene rings is 2. The molecular formula is C32H39NO6. The lowest BCUT2D eigenvalue weighted by Crippen LogP contribution is -2.49. The summed E-state index contributed by atoms with van der Waals surface area (Å²) in [6.45, 7) is 8.20. The number of aromatic hydroxyl groups is 1. The number of carbonyl (C=O) groups is 2. The van der Waals surface area contributed by atoms with E-state index in [1.165, 1.54) is 22.1 Å². The smallest absolute Gasteiger partial charge is 0.326 e. The molecule has 0 aromatic heterocycles. The molecule has 2 aromatic rings. The van der Waals surface area contributed by atoms with Crippen molar-refractivity contribution in [2.24, 2.45) is 0 Å². The van der Waals surface area contributed by atoms with Crippen molar-refractivity contribution in [3.63, 3.8) is 0 Å². The average Bonchev–Trinajstić information content (AvgIpc) is 3.20. The van der Waals surface area contributed by atoms with Crippen LogP contribution in [0.5, 0.6) is 11.5 Å². The summed E-state index contributed by atoms with van der Waals surface area (Å²) in [6, 6.07) is 9.53. The van der Waals surface area contributed by atoms with Crippen LogP contribution < -0.4 is 4.74 Å². The van der Waals surface area contributed by atoms with Gasteiger partial charge in [0.05, 0.1) is 18.2 Å². The average molecular weight is 534 g/mol. The zero-order chi connectivity index (χ0) is 28.3. The molecule has 0 saturated carbocycles. The zero-order valence-corrected chi connectivity index (χ0v) is 23.2. The van der Waals surface area contributed by atoms with Gasteiger partial charge in [0.15, 0.2) is 0 Å². The third-order valence-electron chi connectivity index (χ3n) is 7.88. The molecule has 4 rings (SSSR count). The number of carboxylic acids is 1. The summed E-state index contributed by atoms with van der Waals surface area (Å²) in [5, 5.41) is 31.8. The minimum atomic E-state index is -1.09. The number of amides is 1. The maximum Gasteiger partial charge on any atom is 0.326 e. The topological polar surface area (TPSA) is 107 Å². The van der Waals surface area contributed by atoms with E-state index < -0.39 is 29.6 Å². The molecule has 7 nitrogen and oxygen atoms in total. The Hall–Kier alpha value is -3.58. The predicted molar refractivity (Wildman–Crippen MR) is 150 cm³/mol. The van der Waals surface area contributed by atoms with Crippen LogP contribution in [0.15, 0.2) is 59.7 Å². The van der Waals surface area contributed by atoms with Gasteiger partial charge in [-0.1, -0.05) is 53.6 Å². The summed E-state index contributed by atoms with van der Waals surface area (Å²) in [5.41, 5.74) is 3.75. The number of aliphatic carboxylic acids is 1. The second-order valence-corrected chi connectivity index (χ2v) is 11.3. The zero-order valence-electron chi connectivity index (χ0n) is 23.2. The van der Waals surface area contributed by atoms with Gasteiger partial charge in [-0.15, -0.1) is 0 Å². The van der Waals surface area contributed by atoms with Crippen LogP contribution in [-0.4, -0.2) is 49.8 Å². The Morgan fingerprint density at radius 3 is 2.54 bits per heavy atom. The fourth-order valence-electron chi connectivity index (χ4n) is 5.44. The Bertz CT molecular complexity index is 1290. The van der Waals surface area contributed by atoms with Crippen LogP contribution in [0.3, 0.4) is 0 Å². The Balaban J connectivity index is 1.56. The highest BCUT2D eigenvalue weighted by Gasteiger charge is 2.45. The number of aliphatic hydroxyl groups excluding tert-OH is 1. The molecule has 0 radical (unpaired) electrons. The fourth-order valence-corrected chi connectivity index (χ4v) is 5.44. The third kappa shape index (κ3) is 6.19. The molecule has 0 unspecified atom stereocenters. The fraction of sp³-hybridized carbons (Fsp3) is 0.438. The first-order valence-electron chi connectivity index (χ1n) is 13.6. The molecule has 0 bridgehead atoms. The minimum Gasteiger partial charge on any atom is -0.508 e. The molecule has 3 atom stereocenters. The molecule has 2 aromatic carbocycles. The number of fused-ring (bicyclic) bond motifs is 3. The number of rotatable bonds is 10. The molecule has 1 amide bonds. The Morgan fingerprint density at radius 1 is 1.15 bits per heavy atom. The lowest BCUT2D eigenvalue weighted by Gasteiger charge is -2.41. The van der Waals surface area contributed by atoms with Crippen LogP contribution in [-0.2, 0) is 24.2 Å². The van der Waals surface area contributed by atoms with Gasteiger partial charge in [0.25, 0.3) is 5.91 Å². The summed E-state index contributed by atoms with van der Waals surface area (Å²) in [6.07, 6.45) is 7.15. The van der Waals surface area contributed by atoms with Gasteiger partial charge in [-0.05, 0) is 65.0 Å².